The van der Waals surface area contributed by atoms with Crippen LogP contribution in [-0.2, 0) is 11.3 Å². The van der Waals surface area contributed by atoms with Crippen molar-refractivity contribution in [2.24, 2.45) is 0 Å². The first-order valence-corrected chi connectivity index (χ1v) is 11.5. The molecule has 1 heterocycles. The van der Waals surface area contributed by atoms with Crippen molar-refractivity contribution in [2.45, 2.75) is 25.2 Å². The van der Waals surface area contributed by atoms with Crippen LogP contribution in [0, 0.1) is 5.82 Å². The molecule has 0 aromatic heterocycles. The highest BCUT2D eigenvalue weighted by atomic mass is 35.5. The van der Waals surface area contributed by atoms with Gasteiger partial charge in [-0.25, -0.2) is 9.18 Å². The van der Waals surface area contributed by atoms with Gasteiger partial charge in [-0.3, -0.25) is 9.69 Å². The molecule has 1 saturated heterocycles. The Morgan fingerprint density at radius 3 is 2.30 bits per heavy atom. The molecule has 0 spiro atoms. The van der Waals surface area contributed by atoms with Crippen LogP contribution in [0.15, 0.2) is 72.8 Å². The number of amides is 1. The van der Waals surface area contributed by atoms with E-state index in [0.29, 0.717) is 22.0 Å². The number of carboxylic acids is 1. The van der Waals surface area contributed by atoms with Crippen molar-refractivity contribution in [3.8, 4) is 5.75 Å². The van der Waals surface area contributed by atoms with E-state index < -0.39 is 12.1 Å². The lowest BCUT2D eigenvalue weighted by Crippen LogP contribution is -2.24. The molecule has 2 N–H and O–H groups in total. The number of carbonyl (C=O) groups is 2. The van der Waals surface area contributed by atoms with Crippen molar-refractivity contribution >= 4 is 29.2 Å². The molecule has 0 bridgehead atoms. The van der Waals surface area contributed by atoms with E-state index in [1.54, 1.807) is 30.3 Å². The Hall–Kier alpha value is -3.63. The number of halogens is 5. The topological polar surface area (TPSA) is 78.9 Å². The zero-order valence-electron chi connectivity index (χ0n) is 19.3. The van der Waals surface area contributed by atoms with E-state index in [1.165, 1.54) is 12.1 Å². The number of likely N-dealkylation sites (tertiary alicyclic amines) is 1. The zero-order valence-corrected chi connectivity index (χ0v) is 20.1. The highest BCUT2D eigenvalue weighted by Gasteiger charge is 2.38. The number of alkyl halides is 3. The predicted molar refractivity (Wildman–Crippen MR) is 130 cm³/mol. The molecule has 4 rings (SSSR count). The lowest BCUT2D eigenvalue weighted by Gasteiger charge is -2.18. The van der Waals surface area contributed by atoms with Crippen LogP contribution in [0.5, 0.6) is 5.75 Å². The van der Waals surface area contributed by atoms with Crippen LogP contribution in [0.25, 0.3) is 0 Å². The first kappa shape index (κ1) is 27.9. The number of nitrogens with zero attached hydrogens (tertiary/aromatic N) is 1. The van der Waals surface area contributed by atoms with Crippen molar-refractivity contribution in [3.05, 3.63) is 94.8 Å². The smallest absolute Gasteiger partial charge is 0.487 e. The van der Waals surface area contributed by atoms with E-state index in [1.807, 2.05) is 30.3 Å². The van der Waals surface area contributed by atoms with Gasteiger partial charge in [-0.2, -0.15) is 13.2 Å². The summed E-state index contributed by atoms with van der Waals surface area (Å²) in [5.74, 6) is -2.57. The van der Waals surface area contributed by atoms with Crippen LogP contribution in [0.4, 0.5) is 23.2 Å². The number of anilines is 1. The number of nitrogens with one attached hydrogen (secondary N) is 1. The van der Waals surface area contributed by atoms with Crippen molar-refractivity contribution in [2.75, 3.05) is 18.4 Å². The second-order valence-electron chi connectivity index (χ2n) is 8.16. The SMILES string of the molecule is O=C(Nc1ccc(OC2CCN(Cc3ccc(F)cc3)C2)c(Cl)c1)c1ccccc1.O=C(O)C(F)(F)F. The van der Waals surface area contributed by atoms with Crippen molar-refractivity contribution in [1.29, 1.82) is 0 Å². The molecule has 3 aromatic rings. The number of carbonyl (C=O) groups excluding carboxylic acids is 1. The van der Waals surface area contributed by atoms with Gasteiger partial charge in [0.05, 0.1) is 5.02 Å². The Bertz CT molecular complexity index is 1210. The van der Waals surface area contributed by atoms with Crippen LogP contribution < -0.4 is 10.1 Å². The second-order valence-corrected chi connectivity index (χ2v) is 8.57. The molecule has 0 radical (unpaired) electrons. The molecule has 1 atom stereocenters. The molecular weight excluding hydrogens is 516 g/mol. The highest BCUT2D eigenvalue weighted by Crippen LogP contribution is 2.30. The summed E-state index contributed by atoms with van der Waals surface area (Å²) in [6, 6.07) is 20.9. The fourth-order valence-corrected chi connectivity index (χ4v) is 3.76. The van der Waals surface area contributed by atoms with Gasteiger partial charge in [0.2, 0.25) is 0 Å². The minimum Gasteiger partial charge on any atom is -0.487 e. The molecule has 1 aliphatic rings. The number of benzene rings is 3. The Balaban J connectivity index is 0.000000479. The van der Waals surface area contributed by atoms with Gasteiger partial charge >= 0.3 is 12.1 Å². The van der Waals surface area contributed by atoms with E-state index >= 15 is 0 Å². The van der Waals surface area contributed by atoms with E-state index in [0.717, 1.165) is 31.6 Å². The summed E-state index contributed by atoms with van der Waals surface area (Å²) in [5, 5.41) is 10.4. The first-order valence-electron chi connectivity index (χ1n) is 11.1. The number of rotatable bonds is 6. The highest BCUT2D eigenvalue weighted by molar-refractivity contribution is 6.32. The summed E-state index contributed by atoms with van der Waals surface area (Å²) >= 11 is 6.39. The summed E-state index contributed by atoms with van der Waals surface area (Å²) in [6.07, 6.45) is -4.16. The van der Waals surface area contributed by atoms with Crippen molar-refractivity contribution < 1.29 is 37.0 Å². The minimum atomic E-state index is -5.08. The summed E-state index contributed by atoms with van der Waals surface area (Å²) in [5.41, 5.74) is 2.28. The molecule has 37 heavy (non-hydrogen) atoms. The monoisotopic (exact) mass is 538 g/mol. The molecule has 0 saturated carbocycles. The Labute approximate surface area is 215 Å². The first-order chi connectivity index (χ1) is 17.5. The van der Waals surface area contributed by atoms with Crippen LogP contribution in [0.1, 0.15) is 22.3 Å². The van der Waals surface area contributed by atoms with Crippen molar-refractivity contribution in [3.63, 3.8) is 0 Å². The van der Waals surface area contributed by atoms with Gasteiger partial charge in [0.15, 0.2) is 0 Å². The zero-order chi connectivity index (χ0) is 27.0. The van der Waals surface area contributed by atoms with Crippen LogP contribution >= 0.6 is 11.6 Å². The maximum absolute atomic E-state index is 13.1. The number of aliphatic carboxylic acids is 1. The van der Waals surface area contributed by atoms with E-state index in [-0.39, 0.29) is 17.8 Å². The lowest BCUT2D eigenvalue weighted by molar-refractivity contribution is -0.192. The molecule has 11 heteroatoms. The van der Waals surface area contributed by atoms with E-state index in [9.17, 15) is 22.4 Å². The number of carboxylic acid groups (broad SMARTS) is 1. The molecule has 1 aliphatic heterocycles. The number of hydrogen-bond acceptors (Lipinski definition) is 4. The molecule has 1 fully saturated rings. The summed E-state index contributed by atoms with van der Waals surface area (Å²) in [7, 11) is 0. The van der Waals surface area contributed by atoms with Gasteiger partial charge in [0.1, 0.15) is 17.7 Å². The van der Waals surface area contributed by atoms with Crippen LogP contribution in [0.2, 0.25) is 5.02 Å². The third kappa shape index (κ3) is 8.76. The molecule has 3 aromatic carbocycles. The standard InChI is InChI=1S/C24H22ClFN2O2.C2HF3O2/c25-22-14-20(27-24(29)18-4-2-1-3-5-18)10-11-23(22)30-21-12-13-28(16-21)15-17-6-8-19(26)9-7-17;3-2(4,5)1(6)7/h1-11,14,21H,12-13,15-16H2,(H,27,29);(H,6,7). The molecule has 196 valence electrons. The average Bonchev–Trinajstić information content (AvgIpc) is 3.29. The fourth-order valence-electron chi connectivity index (χ4n) is 3.53. The lowest BCUT2D eigenvalue weighted by atomic mass is 10.2. The maximum Gasteiger partial charge on any atom is 0.490 e. The molecule has 0 aliphatic carbocycles. The summed E-state index contributed by atoms with van der Waals surface area (Å²) < 4.78 is 50.9. The maximum atomic E-state index is 13.1. The van der Waals surface area contributed by atoms with Gasteiger partial charge in [0.25, 0.3) is 5.91 Å². The second kappa shape index (κ2) is 12.6. The molecule has 1 amide bonds. The number of hydrogen-bond donors (Lipinski definition) is 2. The van der Waals surface area contributed by atoms with E-state index in [4.69, 9.17) is 26.2 Å². The summed E-state index contributed by atoms with van der Waals surface area (Å²) in [4.78, 5) is 23.5. The normalized spacial score (nSPS) is 15.4. The van der Waals surface area contributed by atoms with Crippen LogP contribution in [0.3, 0.4) is 0 Å². The van der Waals surface area contributed by atoms with Gasteiger partial charge in [-0.05, 0) is 54.4 Å². The third-order valence-electron chi connectivity index (χ3n) is 5.31. The van der Waals surface area contributed by atoms with E-state index in [2.05, 4.69) is 10.2 Å². The molecular formula is C26H23ClF4N2O4. The Kier molecular flexibility index (Phi) is 9.48. The number of ether oxygens (including phenoxy) is 1. The van der Waals surface area contributed by atoms with Gasteiger partial charge in [0, 0.05) is 30.9 Å². The Morgan fingerprint density at radius 1 is 1.05 bits per heavy atom. The summed E-state index contributed by atoms with van der Waals surface area (Å²) in [6.45, 7) is 2.45. The Morgan fingerprint density at radius 2 is 1.70 bits per heavy atom. The third-order valence-corrected chi connectivity index (χ3v) is 5.61. The van der Waals surface area contributed by atoms with Gasteiger partial charge in [-0.1, -0.05) is 41.9 Å². The van der Waals surface area contributed by atoms with Crippen LogP contribution in [-0.4, -0.2) is 47.3 Å². The fraction of sp³-hybridized carbons (Fsp3) is 0.231. The average molecular weight is 539 g/mol. The quantitative estimate of drug-likeness (QED) is 0.375. The van der Waals surface area contributed by atoms with Crippen molar-refractivity contribution in [1.82, 2.24) is 4.90 Å². The largest absolute Gasteiger partial charge is 0.490 e. The van der Waals surface area contributed by atoms with Gasteiger partial charge in [-0.15, -0.1) is 0 Å². The predicted octanol–water partition coefficient (Wildman–Crippen LogP) is 6.02. The van der Waals surface area contributed by atoms with Gasteiger partial charge < -0.3 is 15.2 Å². The molecule has 1 unspecified atom stereocenters. The minimum absolute atomic E-state index is 0.0349. The molecule has 6 nitrogen and oxygen atoms in total.